The average molecular weight is 387 g/mol. The zero-order chi connectivity index (χ0) is 11.4. The molecule has 0 atom stereocenters. The SMILES string of the molecule is N#CCc1c(I)cc(C(F)F)nc1CBr. The summed E-state index contributed by atoms with van der Waals surface area (Å²) in [6, 6.07) is 3.32. The van der Waals surface area contributed by atoms with Gasteiger partial charge in [0, 0.05) is 14.5 Å². The highest BCUT2D eigenvalue weighted by atomic mass is 127. The number of aromatic nitrogens is 1. The van der Waals surface area contributed by atoms with Gasteiger partial charge in [0.1, 0.15) is 5.69 Å². The first kappa shape index (κ1) is 12.8. The lowest BCUT2D eigenvalue weighted by molar-refractivity contribution is 0.145. The van der Waals surface area contributed by atoms with Crippen molar-refractivity contribution in [1.29, 1.82) is 5.26 Å². The van der Waals surface area contributed by atoms with Crippen molar-refractivity contribution in [1.82, 2.24) is 4.98 Å². The van der Waals surface area contributed by atoms with Gasteiger partial charge in [0.2, 0.25) is 0 Å². The Bertz CT molecular complexity index is 404. The first-order valence-electron chi connectivity index (χ1n) is 3.99. The summed E-state index contributed by atoms with van der Waals surface area (Å²) in [5.41, 5.74) is 0.994. The first-order chi connectivity index (χ1) is 7.10. The maximum absolute atomic E-state index is 12.4. The third kappa shape index (κ3) is 3.08. The van der Waals surface area contributed by atoms with E-state index in [1.165, 1.54) is 6.07 Å². The largest absolute Gasteiger partial charge is 0.280 e. The summed E-state index contributed by atoms with van der Waals surface area (Å²) in [6.07, 6.45) is -2.39. The van der Waals surface area contributed by atoms with Crippen molar-refractivity contribution in [2.75, 3.05) is 0 Å². The molecule has 0 saturated heterocycles. The fraction of sp³-hybridized carbons (Fsp3) is 0.333. The highest BCUT2D eigenvalue weighted by Gasteiger charge is 2.15. The van der Waals surface area contributed by atoms with E-state index >= 15 is 0 Å². The van der Waals surface area contributed by atoms with E-state index in [0.29, 0.717) is 14.6 Å². The molecule has 0 radical (unpaired) electrons. The van der Waals surface area contributed by atoms with E-state index in [1.807, 2.05) is 28.7 Å². The van der Waals surface area contributed by atoms with Crippen LogP contribution in [0.2, 0.25) is 0 Å². The Morgan fingerprint density at radius 3 is 2.73 bits per heavy atom. The minimum atomic E-state index is -2.58. The minimum absolute atomic E-state index is 0.190. The number of nitrogens with zero attached hydrogens (tertiary/aromatic N) is 2. The van der Waals surface area contributed by atoms with Crippen molar-refractivity contribution in [3.05, 3.63) is 26.6 Å². The number of hydrogen-bond acceptors (Lipinski definition) is 2. The van der Waals surface area contributed by atoms with Gasteiger partial charge in [0.15, 0.2) is 0 Å². The van der Waals surface area contributed by atoms with Crippen LogP contribution in [-0.2, 0) is 11.8 Å². The fourth-order valence-electron chi connectivity index (χ4n) is 1.10. The Morgan fingerprint density at radius 2 is 2.27 bits per heavy atom. The maximum Gasteiger partial charge on any atom is 0.280 e. The number of pyridine rings is 1. The summed E-state index contributed by atoms with van der Waals surface area (Å²) in [5, 5.41) is 8.97. The van der Waals surface area contributed by atoms with Gasteiger partial charge in [-0.25, -0.2) is 8.78 Å². The molecule has 0 spiro atoms. The van der Waals surface area contributed by atoms with Gasteiger partial charge in [0.05, 0.1) is 18.2 Å². The van der Waals surface area contributed by atoms with Crippen molar-refractivity contribution in [2.24, 2.45) is 0 Å². The van der Waals surface area contributed by atoms with Gasteiger partial charge in [-0.2, -0.15) is 5.26 Å². The highest BCUT2D eigenvalue weighted by molar-refractivity contribution is 14.1. The molecule has 0 unspecified atom stereocenters. The summed E-state index contributed by atoms with van der Waals surface area (Å²) >= 11 is 5.12. The van der Waals surface area contributed by atoms with Crippen molar-refractivity contribution in [2.45, 2.75) is 18.2 Å². The van der Waals surface area contributed by atoms with E-state index in [4.69, 9.17) is 5.26 Å². The molecule has 0 aliphatic heterocycles. The second-order valence-corrected chi connectivity index (χ2v) is 4.45. The molecule has 0 aliphatic carbocycles. The summed E-state index contributed by atoms with van der Waals surface area (Å²) in [4.78, 5) is 3.82. The zero-order valence-corrected chi connectivity index (χ0v) is 11.2. The van der Waals surface area contributed by atoms with E-state index in [9.17, 15) is 8.78 Å². The lowest BCUT2D eigenvalue weighted by atomic mass is 10.1. The minimum Gasteiger partial charge on any atom is -0.251 e. The number of alkyl halides is 3. The molecule has 1 rings (SSSR count). The summed E-state index contributed by atoms with van der Waals surface area (Å²) in [7, 11) is 0. The Labute approximate surface area is 108 Å². The van der Waals surface area contributed by atoms with Gasteiger partial charge in [-0.3, -0.25) is 4.98 Å². The molecule has 0 saturated carbocycles. The average Bonchev–Trinajstić information content (AvgIpc) is 2.20. The van der Waals surface area contributed by atoms with Crippen molar-refractivity contribution >= 4 is 38.5 Å². The molecule has 6 heteroatoms. The van der Waals surface area contributed by atoms with Crippen molar-refractivity contribution in [3.63, 3.8) is 0 Å². The third-order valence-corrected chi connectivity index (χ3v) is 3.27. The number of nitriles is 1. The second-order valence-electron chi connectivity index (χ2n) is 2.72. The van der Waals surface area contributed by atoms with Gasteiger partial charge >= 0.3 is 0 Å². The molecule has 1 heterocycles. The fourth-order valence-corrected chi connectivity index (χ4v) is 2.38. The quantitative estimate of drug-likeness (QED) is 0.588. The normalized spacial score (nSPS) is 10.4. The van der Waals surface area contributed by atoms with Crippen LogP contribution in [0.3, 0.4) is 0 Å². The molecule has 1 aromatic heterocycles. The van der Waals surface area contributed by atoms with Crippen LogP contribution in [0.1, 0.15) is 23.4 Å². The van der Waals surface area contributed by atoms with E-state index in [0.717, 1.165) is 5.56 Å². The van der Waals surface area contributed by atoms with Crippen LogP contribution < -0.4 is 0 Å². The van der Waals surface area contributed by atoms with Gasteiger partial charge < -0.3 is 0 Å². The highest BCUT2D eigenvalue weighted by Crippen LogP contribution is 2.24. The van der Waals surface area contributed by atoms with E-state index in [-0.39, 0.29) is 12.1 Å². The topological polar surface area (TPSA) is 36.7 Å². The van der Waals surface area contributed by atoms with Crippen LogP contribution in [0.4, 0.5) is 8.78 Å². The van der Waals surface area contributed by atoms with E-state index < -0.39 is 6.43 Å². The predicted molar refractivity (Wildman–Crippen MR) is 63.9 cm³/mol. The Hall–Kier alpha value is -0.290. The number of hydrogen-bond donors (Lipinski definition) is 0. The van der Waals surface area contributed by atoms with Crippen LogP contribution in [0.15, 0.2) is 6.07 Å². The smallest absolute Gasteiger partial charge is 0.251 e. The lowest BCUT2D eigenvalue weighted by Gasteiger charge is -2.08. The van der Waals surface area contributed by atoms with Crippen LogP contribution >= 0.6 is 38.5 Å². The number of halogens is 4. The molecular formula is C9H6BrF2IN2. The summed E-state index contributed by atoms with van der Waals surface area (Å²) in [6.45, 7) is 0. The molecule has 0 bridgehead atoms. The van der Waals surface area contributed by atoms with Crippen LogP contribution in [-0.4, -0.2) is 4.98 Å². The standard InChI is InChI=1S/C9H6BrF2IN2/c10-4-8-5(1-2-14)6(13)3-7(15-8)9(11)12/h3,9H,1,4H2. The molecular weight excluding hydrogens is 381 g/mol. The molecule has 0 aliphatic rings. The van der Waals surface area contributed by atoms with Crippen LogP contribution in [0.5, 0.6) is 0 Å². The Balaban J connectivity index is 3.25. The molecule has 2 nitrogen and oxygen atoms in total. The molecule has 0 N–H and O–H groups in total. The van der Waals surface area contributed by atoms with E-state index in [1.54, 1.807) is 0 Å². The number of rotatable bonds is 3. The van der Waals surface area contributed by atoms with Gasteiger partial charge in [-0.05, 0) is 28.7 Å². The van der Waals surface area contributed by atoms with Crippen LogP contribution in [0.25, 0.3) is 0 Å². The summed E-state index contributed by atoms with van der Waals surface area (Å²) < 4.78 is 25.5. The predicted octanol–water partition coefficient (Wildman–Crippen LogP) is 3.58. The molecule has 0 fully saturated rings. The van der Waals surface area contributed by atoms with Gasteiger partial charge in [-0.15, -0.1) is 0 Å². The lowest BCUT2D eigenvalue weighted by Crippen LogP contribution is -2.03. The Morgan fingerprint density at radius 1 is 1.60 bits per heavy atom. The van der Waals surface area contributed by atoms with Gasteiger partial charge in [0.25, 0.3) is 6.43 Å². The van der Waals surface area contributed by atoms with Gasteiger partial charge in [-0.1, -0.05) is 15.9 Å². The molecule has 0 amide bonds. The molecule has 15 heavy (non-hydrogen) atoms. The molecule has 0 aromatic carbocycles. The second kappa shape index (κ2) is 5.70. The molecule has 1 aromatic rings. The Kier molecular flexibility index (Phi) is 4.86. The molecule has 80 valence electrons. The van der Waals surface area contributed by atoms with E-state index in [2.05, 4.69) is 20.9 Å². The van der Waals surface area contributed by atoms with Crippen molar-refractivity contribution < 1.29 is 8.78 Å². The first-order valence-corrected chi connectivity index (χ1v) is 6.19. The third-order valence-electron chi connectivity index (χ3n) is 1.78. The summed E-state index contributed by atoms with van der Waals surface area (Å²) in [5.74, 6) is 0. The maximum atomic E-state index is 12.4. The van der Waals surface area contributed by atoms with Crippen molar-refractivity contribution in [3.8, 4) is 6.07 Å². The monoisotopic (exact) mass is 386 g/mol. The zero-order valence-electron chi connectivity index (χ0n) is 7.48. The van der Waals surface area contributed by atoms with Crippen LogP contribution in [0, 0.1) is 14.9 Å².